The standard InChI is InChI=1S/C11H9N3O/c12-6-4-8-2-1-3-10(11(14)15)9(8)5-7-13/h1-3H,4-5H2,(H2,14,15). The summed E-state index contributed by atoms with van der Waals surface area (Å²) >= 11 is 0. The number of benzene rings is 1. The fourth-order valence-electron chi connectivity index (χ4n) is 1.40. The van der Waals surface area contributed by atoms with Gasteiger partial charge in [0.25, 0.3) is 0 Å². The molecule has 74 valence electrons. The van der Waals surface area contributed by atoms with E-state index in [9.17, 15) is 4.79 Å². The monoisotopic (exact) mass is 199 g/mol. The van der Waals surface area contributed by atoms with Crippen LogP contribution in [0.25, 0.3) is 0 Å². The minimum atomic E-state index is -0.569. The highest BCUT2D eigenvalue weighted by Gasteiger charge is 2.11. The molecule has 0 radical (unpaired) electrons. The van der Waals surface area contributed by atoms with Crippen LogP contribution in [0.5, 0.6) is 0 Å². The Labute approximate surface area is 87.5 Å². The smallest absolute Gasteiger partial charge is 0.249 e. The Hall–Kier alpha value is -2.33. The molecule has 0 unspecified atom stereocenters. The molecule has 2 N–H and O–H groups in total. The molecule has 4 nitrogen and oxygen atoms in total. The van der Waals surface area contributed by atoms with E-state index in [-0.39, 0.29) is 12.8 Å². The Morgan fingerprint density at radius 1 is 1.27 bits per heavy atom. The highest BCUT2D eigenvalue weighted by molar-refractivity contribution is 5.94. The Morgan fingerprint density at radius 2 is 1.93 bits per heavy atom. The van der Waals surface area contributed by atoms with Crippen LogP contribution in [0.2, 0.25) is 0 Å². The Bertz CT molecular complexity index is 466. The van der Waals surface area contributed by atoms with Gasteiger partial charge in [0.2, 0.25) is 5.91 Å². The summed E-state index contributed by atoms with van der Waals surface area (Å²) in [5.41, 5.74) is 6.76. The number of nitrogens with zero attached hydrogens (tertiary/aromatic N) is 2. The summed E-state index contributed by atoms with van der Waals surface area (Å²) < 4.78 is 0. The molecule has 1 amide bonds. The number of hydrogen-bond donors (Lipinski definition) is 1. The maximum Gasteiger partial charge on any atom is 0.249 e. The second kappa shape index (κ2) is 4.78. The van der Waals surface area contributed by atoms with Crippen molar-refractivity contribution < 1.29 is 4.79 Å². The van der Waals surface area contributed by atoms with E-state index in [0.717, 1.165) is 0 Å². The van der Waals surface area contributed by atoms with Crippen molar-refractivity contribution in [3.63, 3.8) is 0 Å². The van der Waals surface area contributed by atoms with Gasteiger partial charge in [-0.15, -0.1) is 0 Å². The molecule has 0 aromatic heterocycles. The molecule has 0 heterocycles. The van der Waals surface area contributed by atoms with E-state index in [1.54, 1.807) is 18.2 Å². The van der Waals surface area contributed by atoms with Crippen LogP contribution in [-0.4, -0.2) is 5.91 Å². The molecule has 0 bridgehead atoms. The van der Waals surface area contributed by atoms with Crippen molar-refractivity contribution in [2.24, 2.45) is 5.73 Å². The molecule has 15 heavy (non-hydrogen) atoms. The van der Waals surface area contributed by atoms with Crippen molar-refractivity contribution in [1.82, 2.24) is 0 Å². The number of amides is 1. The first-order chi connectivity index (χ1) is 7.20. The summed E-state index contributed by atoms with van der Waals surface area (Å²) in [6.45, 7) is 0. The van der Waals surface area contributed by atoms with Gasteiger partial charge in [0, 0.05) is 5.56 Å². The van der Waals surface area contributed by atoms with Crippen molar-refractivity contribution in [3.05, 3.63) is 34.9 Å². The van der Waals surface area contributed by atoms with Crippen molar-refractivity contribution in [2.45, 2.75) is 12.8 Å². The zero-order chi connectivity index (χ0) is 11.3. The fourth-order valence-corrected chi connectivity index (χ4v) is 1.40. The summed E-state index contributed by atoms with van der Waals surface area (Å²) in [6, 6.07) is 8.90. The molecule has 0 aliphatic carbocycles. The number of carbonyl (C=O) groups is 1. The maximum absolute atomic E-state index is 11.1. The third-order valence-corrected chi connectivity index (χ3v) is 2.06. The zero-order valence-electron chi connectivity index (χ0n) is 8.03. The van der Waals surface area contributed by atoms with Crippen LogP contribution in [0.3, 0.4) is 0 Å². The Balaban J connectivity index is 3.30. The zero-order valence-corrected chi connectivity index (χ0v) is 8.03. The molecule has 0 saturated heterocycles. The molecule has 0 spiro atoms. The number of nitriles is 2. The molecule has 0 fully saturated rings. The number of primary amides is 1. The lowest BCUT2D eigenvalue weighted by atomic mass is 9.96. The molecule has 1 aromatic rings. The normalized spacial score (nSPS) is 8.93. The van der Waals surface area contributed by atoms with Crippen LogP contribution >= 0.6 is 0 Å². The topological polar surface area (TPSA) is 90.7 Å². The second-order valence-electron chi connectivity index (χ2n) is 2.98. The molecule has 0 aliphatic rings. The lowest BCUT2D eigenvalue weighted by Gasteiger charge is -2.07. The van der Waals surface area contributed by atoms with Crippen LogP contribution < -0.4 is 5.73 Å². The SMILES string of the molecule is N#CCc1cccc(C(N)=O)c1CC#N. The minimum absolute atomic E-state index is 0.0934. The molecule has 0 atom stereocenters. The van der Waals surface area contributed by atoms with E-state index in [4.69, 9.17) is 16.3 Å². The third kappa shape index (κ3) is 2.32. The summed E-state index contributed by atoms with van der Waals surface area (Å²) in [5, 5.41) is 17.2. The van der Waals surface area contributed by atoms with Crippen LogP contribution in [0.4, 0.5) is 0 Å². The van der Waals surface area contributed by atoms with Gasteiger partial charge in [-0.2, -0.15) is 10.5 Å². The number of rotatable bonds is 3. The molecule has 0 saturated carbocycles. The third-order valence-electron chi connectivity index (χ3n) is 2.06. The number of carbonyl (C=O) groups excluding carboxylic acids is 1. The van der Waals surface area contributed by atoms with Gasteiger partial charge in [-0.25, -0.2) is 0 Å². The van der Waals surface area contributed by atoms with Gasteiger partial charge < -0.3 is 5.73 Å². The molecular formula is C11H9N3O. The molecule has 1 rings (SSSR count). The average Bonchev–Trinajstić information content (AvgIpc) is 2.21. The number of hydrogen-bond acceptors (Lipinski definition) is 3. The largest absolute Gasteiger partial charge is 0.366 e. The Morgan fingerprint density at radius 3 is 2.47 bits per heavy atom. The maximum atomic E-state index is 11.1. The van der Waals surface area contributed by atoms with Crippen molar-refractivity contribution in [1.29, 1.82) is 10.5 Å². The first-order valence-electron chi connectivity index (χ1n) is 4.35. The quantitative estimate of drug-likeness (QED) is 0.784. The van der Waals surface area contributed by atoms with E-state index < -0.39 is 5.91 Å². The van der Waals surface area contributed by atoms with E-state index >= 15 is 0 Å². The molecule has 4 heteroatoms. The number of nitrogens with two attached hydrogens (primary N) is 1. The van der Waals surface area contributed by atoms with Crippen LogP contribution in [0, 0.1) is 22.7 Å². The Kier molecular flexibility index (Phi) is 3.43. The molecule has 0 aliphatic heterocycles. The predicted molar refractivity (Wildman–Crippen MR) is 53.6 cm³/mol. The average molecular weight is 199 g/mol. The summed E-state index contributed by atoms with van der Waals surface area (Å²) in [6.07, 6.45) is 0.272. The first kappa shape index (κ1) is 10.7. The fraction of sp³-hybridized carbons (Fsp3) is 0.182. The van der Waals surface area contributed by atoms with Crippen LogP contribution in [0.1, 0.15) is 21.5 Å². The summed E-state index contributed by atoms with van der Waals surface area (Å²) in [4.78, 5) is 11.1. The molecule has 1 aromatic carbocycles. The van der Waals surface area contributed by atoms with E-state index in [0.29, 0.717) is 16.7 Å². The highest BCUT2D eigenvalue weighted by atomic mass is 16.1. The first-order valence-corrected chi connectivity index (χ1v) is 4.35. The van der Waals surface area contributed by atoms with E-state index in [1.165, 1.54) is 0 Å². The second-order valence-corrected chi connectivity index (χ2v) is 2.98. The van der Waals surface area contributed by atoms with Gasteiger partial charge in [-0.3, -0.25) is 4.79 Å². The van der Waals surface area contributed by atoms with Gasteiger partial charge in [-0.05, 0) is 17.2 Å². The predicted octanol–water partition coefficient (Wildman–Crippen LogP) is 0.918. The summed E-state index contributed by atoms with van der Waals surface area (Å²) in [7, 11) is 0. The van der Waals surface area contributed by atoms with Crippen molar-refractivity contribution >= 4 is 5.91 Å². The van der Waals surface area contributed by atoms with Gasteiger partial charge in [0.05, 0.1) is 25.0 Å². The lowest BCUT2D eigenvalue weighted by Crippen LogP contribution is -2.14. The van der Waals surface area contributed by atoms with Crippen LogP contribution in [0.15, 0.2) is 18.2 Å². The van der Waals surface area contributed by atoms with Crippen LogP contribution in [-0.2, 0) is 12.8 Å². The lowest BCUT2D eigenvalue weighted by molar-refractivity contribution is 0.0999. The van der Waals surface area contributed by atoms with Crippen molar-refractivity contribution in [2.75, 3.05) is 0 Å². The van der Waals surface area contributed by atoms with Gasteiger partial charge in [0.15, 0.2) is 0 Å². The van der Waals surface area contributed by atoms with E-state index in [2.05, 4.69) is 0 Å². The van der Waals surface area contributed by atoms with Crippen molar-refractivity contribution in [3.8, 4) is 12.1 Å². The highest BCUT2D eigenvalue weighted by Crippen LogP contribution is 2.15. The van der Waals surface area contributed by atoms with Gasteiger partial charge in [0.1, 0.15) is 0 Å². The van der Waals surface area contributed by atoms with Gasteiger partial charge >= 0.3 is 0 Å². The minimum Gasteiger partial charge on any atom is -0.366 e. The molecular weight excluding hydrogens is 190 g/mol. The van der Waals surface area contributed by atoms with Gasteiger partial charge in [-0.1, -0.05) is 12.1 Å². The summed E-state index contributed by atoms with van der Waals surface area (Å²) in [5.74, 6) is -0.569. The van der Waals surface area contributed by atoms with E-state index in [1.807, 2.05) is 12.1 Å².